The second-order valence-electron chi connectivity index (χ2n) is 7.97. The first kappa shape index (κ1) is 26.2. The Bertz CT molecular complexity index is 322. The third kappa shape index (κ3) is 23.2. The van der Waals surface area contributed by atoms with Crippen molar-refractivity contribution in [2.45, 2.75) is 136 Å². The van der Waals surface area contributed by atoms with Gasteiger partial charge in [-0.05, 0) is 38.5 Å². The molecule has 0 radical (unpaired) electrons. The molecule has 0 atom stereocenters. The standard InChI is InChI=1S/C25H48O2/c1-3-5-7-9-10-11-12-13-14-15-16-17-18-19-21-23-25(26)27-24-22-20-8-6-4-2/h12-13H,3-11,14-24H2,1-2H3. The van der Waals surface area contributed by atoms with E-state index in [0.717, 1.165) is 12.8 Å². The van der Waals surface area contributed by atoms with E-state index >= 15 is 0 Å². The van der Waals surface area contributed by atoms with Gasteiger partial charge >= 0.3 is 5.97 Å². The van der Waals surface area contributed by atoms with Gasteiger partial charge in [0.05, 0.1) is 6.61 Å². The predicted octanol–water partition coefficient (Wildman–Crippen LogP) is 8.54. The number of rotatable bonds is 21. The van der Waals surface area contributed by atoms with E-state index in [1.165, 1.54) is 103 Å². The van der Waals surface area contributed by atoms with Crippen LogP contribution < -0.4 is 0 Å². The van der Waals surface area contributed by atoms with Gasteiger partial charge in [0, 0.05) is 6.42 Å². The molecule has 0 fully saturated rings. The molecule has 0 saturated heterocycles. The van der Waals surface area contributed by atoms with Crippen molar-refractivity contribution < 1.29 is 9.53 Å². The van der Waals surface area contributed by atoms with Crippen LogP contribution in [0.3, 0.4) is 0 Å². The van der Waals surface area contributed by atoms with Crippen molar-refractivity contribution in [1.82, 2.24) is 0 Å². The zero-order chi connectivity index (χ0) is 19.8. The van der Waals surface area contributed by atoms with Crippen molar-refractivity contribution in [2.75, 3.05) is 6.61 Å². The average Bonchev–Trinajstić information content (AvgIpc) is 2.67. The van der Waals surface area contributed by atoms with Gasteiger partial charge in [0.1, 0.15) is 0 Å². The fourth-order valence-electron chi connectivity index (χ4n) is 3.30. The Morgan fingerprint density at radius 3 is 1.59 bits per heavy atom. The Labute approximate surface area is 170 Å². The van der Waals surface area contributed by atoms with Gasteiger partial charge in [0.2, 0.25) is 0 Å². The molecule has 27 heavy (non-hydrogen) atoms. The van der Waals surface area contributed by atoms with Gasteiger partial charge in [0.15, 0.2) is 0 Å². The number of allylic oxidation sites excluding steroid dienone is 2. The molecule has 0 aliphatic carbocycles. The van der Waals surface area contributed by atoms with Crippen LogP contribution in [0.4, 0.5) is 0 Å². The molecule has 0 N–H and O–H groups in total. The van der Waals surface area contributed by atoms with E-state index in [1.807, 2.05) is 0 Å². The third-order valence-corrected chi connectivity index (χ3v) is 5.15. The lowest BCUT2D eigenvalue weighted by Gasteiger charge is -2.05. The molecule has 0 aromatic heterocycles. The van der Waals surface area contributed by atoms with E-state index in [2.05, 4.69) is 26.0 Å². The van der Waals surface area contributed by atoms with Gasteiger partial charge in [-0.2, -0.15) is 0 Å². The van der Waals surface area contributed by atoms with Crippen molar-refractivity contribution in [2.24, 2.45) is 0 Å². The topological polar surface area (TPSA) is 26.3 Å². The number of unbranched alkanes of at least 4 members (excludes halogenated alkanes) is 15. The molecule has 2 heteroatoms. The number of hydrogen-bond acceptors (Lipinski definition) is 2. The highest BCUT2D eigenvalue weighted by Gasteiger charge is 2.02. The largest absolute Gasteiger partial charge is 0.466 e. The van der Waals surface area contributed by atoms with E-state index in [9.17, 15) is 4.79 Å². The first-order valence-electron chi connectivity index (χ1n) is 12.1. The quantitative estimate of drug-likeness (QED) is 0.113. The Morgan fingerprint density at radius 1 is 0.593 bits per heavy atom. The number of hydrogen-bond donors (Lipinski definition) is 0. The van der Waals surface area contributed by atoms with Gasteiger partial charge < -0.3 is 4.74 Å². The molecule has 0 aromatic rings. The van der Waals surface area contributed by atoms with Gasteiger partial charge in [-0.15, -0.1) is 0 Å². The van der Waals surface area contributed by atoms with Crippen LogP contribution in [0, 0.1) is 0 Å². The maximum atomic E-state index is 11.6. The van der Waals surface area contributed by atoms with Crippen molar-refractivity contribution in [3.63, 3.8) is 0 Å². The van der Waals surface area contributed by atoms with Gasteiger partial charge in [0.25, 0.3) is 0 Å². The van der Waals surface area contributed by atoms with Crippen LogP contribution in [0.1, 0.15) is 136 Å². The highest BCUT2D eigenvalue weighted by molar-refractivity contribution is 5.69. The Balaban J connectivity index is 3.18. The summed E-state index contributed by atoms with van der Waals surface area (Å²) in [7, 11) is 0. The molecule has 0 spiro atoms. The summed E-state index contributed by atoms with van der Waals surface area (Å²) in [5.74, 6) is 0.00493. The van der Waals surface area contributed by atoms with Crippen LogP contribution in [0.2, 0.25) is 0 Å². The number of ether oxygens (including phenoxy) is 1. The monoisotopic (exact) mass is 380 g/mol. The smallest absolute Gasteiger partial charge is 0.305 e. The van der Waals surface area contributed by atoms with Crippen molar-refractivity contribution in [1.29, 1.82) is 0 Å². The summed E-state index contributed by atoms with van der Waals surface area (Å²) in [6.45, 7) is 5.11. The minimum atomic E-state index is 0.00493. The minimum absolute atomic E-state index is 0.00493. The SMILES string of the molecule is CCCCCCCC=CCCCCCCCCC(=O)OCCCCCCC. The normalized spacial score (nSPS) is 11.3. The summed E-state index contributed by atoms with van der Waals surface area (Å²) in [4.78, 5) is 11.6. The number of esters is 1. The minimum Gasteiger partial charge on any atom is -0.466 e. The fourth-order valence-corrected chi connectivity index (χ4v) is 3.30. The molecule has 0 saturated carbocycles. The zero-order valence-corrected chi connectivity index (χ0v) is 18.6. The maximum absolute atomic E-state index is 11.6. The molecule has 0 aromatic carbocycles. The molecule has 0 bridgehead atoms. The summed E-state index contributed by atoms with van der Waals surface area (Å²) in [5, 5.41) is 0. The number of carbonyl (C=O) groups is 1. The lowest BCUT2D eigenvalue weighted by molar-refractivity contribution is -0.143. The van der Waals surface area contributed by atoms with Crippen molar-refractivity contribution >= 4 is 5.97 Å². The lowest BCUT2D eigenvalue weighted by atomic mass is 10.1. The van der Waals surface area contributed by atoms with Crippen LogP contribution in [0.5, 0.6) is 0 Å². The molecule has 0 heterocycles. The van der Waals surface area contributed by atoms with Crippen LogP contribution in [-0.2, 0) is 9.53 Å². The molecule has 160 valence electrons. The fraction of sp³-hybridized carbons (Fsp3) is 0.880. The number of carbonyl (C=O) groups excluding carboxylic acids is 1. The van der Waals surface area contributed by atoms with Crippen molar-refractivity contribution in [3.8, 4) is 0 Å². The second-order valence-corrected chi connectivity index (χ2v) is 7.97. The predicted molar refractivity (Wildman–Crippen MR) is 119 cm³/mol. The average molecular weight is 381 g/mol. The van der Waals surface area contributed by atoms with E-state index in [4.69, 9.17) is 4.74 Å². The van der Waals surface area contributed by atoms with Crippen molar-refractivity contribution in [3.05, 3.63) is 12.2 Å². The molecule has 0 aliphatic heterocycles. The van der Waals surface area contributed by atoms with E-state index in [0.29, 0.717) is 13.0 Å². The highest BCUT2D eigenvalue weighted by atomic mass is 16.5. The Kier molecular flexibility index (Phi) is 22.6. The van der Waals surface area contributed by atoms with E-state index < -0.39 is 0 Å². The second kappa shape index (κ2) is 23.2. The zero-order valence-electron chi connectivity index (χ0n) is 18.6. The van der Waals surface area contributed by atoms with Gasteiger partial charge in [-0.1, -0.05) is 103 Å². The maximum Gasteiger partial charge on any atom is 0.305 e. The lowest BCUT2D eigenvalue weighted by Crippen LogP contribution is -2.05. The molecule has 0 rings (SSSR count). The van der Waals surface area contributed by atoms with Gasteiger partial charge in [-0.3, -0.25) is 4.79 Å². The van der Waals surface area contributed by atoms with E-state index in [1.54, 1.807) is 0 Å². The summed E-state index contributed by atoms with van der Waals surface area (Å²) in [6, 6.07) is 0. The van der Waals surface area contributed by atoms with E-state index in [-0.39, 0.29) is 5.97 Å². The molecular formula is C25H48O2. The molecule has 2 nitrogen and oxygen atoms in total. The summed E-state index contributed by atoms with van der Waals surface area (Å²) in [6.07, 6.45) is 28.1. The summed E-state index contributed by atoms with van der Waals surface area (Å²) >= 11 is 0. The molecule has 0 amide bonds. The molecule has 0 unspecified atom stereocenters. The van der Waals surface area contributed by atoms with Crippen LogP contribution >= 0.6 is 0 Å². The van der Waals surface area contributed by atoms with Crippen LogP contribution in [0.25, 0.3) is 0 Å². The van der Waals surface area contributed by atoms with Crippen LogP contribution in [-0.4, -0.2) is 12.6 Å². The summed E-state index contributed by atoms with van der Waals surface area (Å²) < 4.78 is 5.29. The highest BCUT2D eigenvalue weighted by Crippen LogP contribution is 2.11. The third-order valence-electron chi connectivity index (χ3n) is 5.15. The molecular weight excluding hydrogens is 332 g/mol. The molecule has 0 aliphatic rings. The first-order valence-corrected chi connectivity index (χ1v) is 12.1. The Morgan fingerprint density at radius 2 is 1.04 bits per heavy atom. The summed E-state index contributed by atoms with van der Waals surface area (Å²) in [5.41, 5.74) is 0. The van der Waals surface area contributed by atoms with Crippen LogP contribution in [0.15, 0.2) is 12.2 Å². The van der Waals surface area contributed by atoms with Gasteiger partial charge in [-0.25, -0.2) is 0 Å². The first-order chi connectivity index (χ1) is 13.3. The Hall–Kier alpha value is -0.790.